The van der Waals surface area contributed by atoms with Crippen LogP contribution in [0.5, 0.6) is 5.75 Å². The first-order valence-electron chi connectivity index (χ1n) is 12.8. The molecule has 2 aliphatic rings. The number of aromatic amines is 1. The number of hydrogen-bond donors (Lipinski definition) is 1. The molecule has 0 bridgehead atoms. The number of nitrogens with one attached hydrogen (secondary N) is 1. The van der Waals surface area contributed by atoms with Gasteiger partial charge in [-0.25, -0.2) is 10.1 Å². The van der Waals surface area contributed by atoms with Crippen LogP contribution in [-0.2, 0) is 6.18 Å². The summed E-state index contributed by atoms with van der Waals surface area (Å²) in [5.41, 5.74) is -1.69. The Kier molecular flexibility index (Phi) is 7.59. The van der Waals surface area contributed by atoms with Crippen LogP contribution in [0.1, 0.15) is 27.9 Å². The molecule has 1 aromatic carbocycles. The van der Waals surface area contributed by atoms with Crippen molar-refractivity contribution in [3.63, 3.8) is 0 Å². The molecule has 0 radical (unpaired) electrons. The number of amides is 1. The molecule has 208 valence electrons. The van der Waals surface area contributed by atoms with E-state index >= 15 is 0 Å². The van der Waals surface area contributed by atoms with Crippen molar-refractivity contribution >= 4 is 17.4 Å². The number of ether oxygens (including phenoxy) is 1. The van der Waals surface area contributed by atoms with E-state index in [0.29, 0.717) is 62.6 Å². The molecular weight excluding hydrogens is 527 g/mol. The largest absolute Gasteiger partial charge is 0.493 e. The second-order valence-electron chi connectivity index (χ2n) is 9.69. The third kappa shape index (κ3) is 5.85. The summed E-state index contributed by atoms with van der Waals surface area (Å²) in [6, 6.07) is 12.4. The SMILES string of the molecule is N#Cc1ccc(N2CCN(C(=O)c3ccc(OCC4CCN(c5cn[nH]c(=O)c5C(F)(F)F)C4)cc3)CC2)nc1. The Morgan fingerprint density at radius 1 is 1.05 bits per heavy atom. The number of H-pyrrole nitrogens is 1. The van der Waals surface area contributed by atoms with E-state index in [1.54, 1.807) is 41.3 Å². The quantitative estimate of drug-likeness (QED) is 0.495. The van der Waals surface area contributed by atoms with Crippen LogP contribution in [0.3, 0.4) is 0 Å². The van der Waals surface area contributed by atoms with Crippen molar-refractivity contribution in [2.24, 2.45) is 5.92 Å². The summed E-state index contributed by atoms with van der Waals surface area (Å²) in [4.78, 5) is 34.5. The second kappa shape index (κ2) is 11.3. The lowest BCUT2D eigenvalue weighted by Crippen LogP contribution is -2.49. The van der Waals surface area contributed by atoms with E-state index < -0.39 is 17.3 Å². The topological polar surface area (TPSA) is 118 Å². The number of nitriles is 1. The number of piperazine rings is 1. The van der Waals surface area contributed by atoms with Crippen LogP contribution in [0, 0.1) is 17.2 Å². The van der Waals surface area contributed by atoms with Gasteiger partial charge in [0, 0.05) is 56.9 Å². The van der Waals surface area contributed by atoms with Crippen molar-refractivity contribution < 1.29 is 22.7 Å². The zero-order valence-corrected chi connectivity index (χ0v) is 21.4. The van der Waals surface area contributed by atoms with Crippen molar-refractivity contribution in [2.45, 2.75) is 12.6 Å². The molecule has 4 heterocycles. The van der Waals surface area contributed by atoms with Gasteiger partial charge >= 0.3 is 6.18 Å². The summed E-state index contributed by atoms with van der Waals surface area (Å²) in [6.45, 7) is 3.27. The van der Waals surface area contributed by atoms with Gasteiger partial charge in [-0.15, -0.1) is 0 Å². The maximum absolute atomic E-state index is 13.4. The lowest BCUT2D eigenvalue weighted by atomic mass is 10.1. The number of anilines is 2. The number of carbonyl (C=O) groups excluding carboxylic acids is 1. The summed E-state index contributed by atoms with van der Waals surface area (Å²) in [5, 5.41) is 14.3. The lowest BCUT2D eigenvalue weighted by Gasteiger charge is -2.35. The van der Waals surface area contributed by atoms with Crippen LogP contribution < -0.4 is 20.1 Å². The molecule has 2 saturated heterocycles. The molecule has 2 aliphatic heterocycles. The molecule has 1 unspecified atom stereocenters. The van der Waals surface area contributed by atoms with Crippen molar-refractivity contribution in [3.8, 4) is 11.8 Å². The van der Waals surface area contributed by atoms with Gasteiger partial charge in [0.2, 0.25) is 0 Å². The number of hydrogen-bond acceptors (Lipinski definition) is 8. The van der Waals surface area contributed by atoms with E-state index in [0.717, 1.165) is 12.0 Å². The van der Waals surface area contributed by atoms with Gasteiger partial charge in [-0.3, -0.25) is 9.59 Å². The third-order valence-electron chi connectivity index (χ3n) is 7.10. The maximum Gasteiger partial charge on any atom is 0.423 e. The van der Waals surface area contributed by atoms with Crippen molar-refractivity contribution in [1.29, 1.82) is 5.26 Å². The molecule has 0 spiro atoms. The van der Waals surface area contributed by atoms with Crippen LogP contribution in [-0.4, -0.2) is 71.9 Å². The van der Waals surface area contributed by atoms with E-state index in [1.165, 1.54) is 11.1 Å². The fourth-order valence-electron chi connectivity index (χ4n) is 4.96. The standard InChI is InChI=1S/C27H26F3N7O3/c28-27(29,30)24-22(15-33-34-25(24)38)37-8-7-19(16-37)17-40-21-4-2-20(3-5-21)26(39)36-11-9-35(10-12-36)23-6-1-18(13-31)14-32-23/h1-6,14-15,19H,7-12,16-17H2,(H,34,38). The van der Waals surface area contributed by atoms with Crippen LogP contribution >= 0.6 is 0 Å². The highest BCUT2D eigenvalue weighted by molar-refractivity contribution is 5.94. The Bertz CT molecular complexity index is 1440. The van der Waals surface area contributed by atoms with E-state index in [1.807, 2.05) is 11.2 Å². The molecule has 0 saturated carbocycles. The average Bonchev–Trinajstić information content (AvgIpc) is 3.44. The highest BCUT2D eigenvalue weighted by atomic mass is 19.4. The summed E-state index contributed by atoms with van der Waals surface area (Å²) in [6.07, 6.45) is -1.61. The van der Waals surface area contributed by atoms with Gasteiger partial charge in [0.1, 0.15) is 23.2 Å². The normalized spacial score (nSPS) is 17.6. The highest BCUT2D eigenvalue weighted by Gasteiger charge is 2.40. The number of pyridine rings is 1. The minimum atomic E-state index is -4.78. The number of carbonyl (C=O) groups is 1. The van der Waals surface area contributed by atoms with E-state index in [-0.39, 0.29) is 24.1 Å². The Balaban J connectivity index is 1.12. The van der Waals surface area contributed by atoms with Gasteiger partial charge in [0.05, 0.1) is 24.1 Å². The molecule has 40 heavy (non-hydrogen) atoms. The van der Waals surface area contributed by atoms with Crippen molar-refractivity contribution in [2.75, 3.05) is 55.7 Å². The third-order valence-corrected chi connectivity index (χ3v) is 7.10. The summed E-state index contributed by atoms with van der Waals surface area (Å²) in [7, 11) is 0. The second-order valence-corrected chi connectivity index (χ2v) is 9.69. The van der Waals surface area contributed by atoms with Gasteiger partial charge < -0.3 is 19.4 Å². The molecule has 5 rings (SSSR count). The molecule has 13 heteroatoms. The molecule has 1 amide bonds. The van der Waals surface area contributed by atoms with Gasteiger partial charge in [-0.2, -0.15) is 23.5 Å². The van der Waals surface area contributed by atoms with Gasteiger partial charge in [-0.05, 0) is 42.8 Å². The van der Waals surface area contributed by atoms with Gasteiger partial charge in [0.15, 0.2) is 0 Å². The minimum Gasteiger partial charge on any atom is -0.493 e. The van der Waals surface area contributed by atoms with Gasteiger partial charge in [-0.1, -0.05) is 0 Å². The zero-order chi connectivity index (χ0) is 28.3. The van der Waals surface area contributed by atoms with Crippen molar-refractivity contribution in [3.05, 3.63) is 75.8 Å². The van der Waals surface area contributed by atoms with Crippen LogP contribution in [0.2, 0.25) is 0 Å². The molecule has 0 aliphatic carbocycles. The number of alkyl halides is 3. The molecule has 10 nitrogen and oxygen atoms in total. The maximum atomic E-state index is 13.4. The average molecular weight is 554 g/mol. The summed E-state index contributed by atoms with van der Waals surface area (Å²) >= 11 is 0. The fourth-order valence-corrected chi connectivity index (χ4v) is 4.96. The molecular formula is C27H26F3N7O3. The smallest absolute Gasteiger partial charge is 0.423 e. The molecule has 3 aromatic rings. The number of aromatic nitrogens is 3. The molecule has 1 atom stereocenters. The Labute approximate surface area is 227 Å². The van der Waals surface area contributed by atoms with E-state index in [2.05, 4.69) is 15.0 Å². The molecule has 2 fully saturated rings. The first-order valence-corrected chi connectivity index (χ1v) is 12.8. The minimum absolute atomic E-state index is 0.0384. The van der Waals surface area contributed by atoms with Gasteiger partial charge in [0.25, 0.3) is 11.5 Å². The summed E-state index contributed by atoms with van der Waals surface area (Å²) in [5.74, 6) is 1.20. The Hall–Kier alpha value is -4.60. The monoisotopic (exact) mass is 553 g/mol. The van der Waals surface area contributed by atoms with Crippen molar-refractivity contribution in [1.82, 2.24) is 20.1 Å². The Morgan fingerprint density at radius 2 is 1.80 bits per heavy atom. The van der Waals surface area contributed by atoms with Crippen LogP contribution in [0.15, 0.2) is 53.6 Å². The lowest BCUT2D eigenvalue weighted by molar-refractivity contribution is -0.138. The summed E-state index contributed by atoms with van der Waals surface area (Å²) < 4.78 is 46.1. The molecule has 1 N–H and O–H groups in total. The fraction of sp³-hybridized carbons (Fsp3) is 0.370. The van der Waals surface area contributed by atoms with Crippen LogP contribution in [0.25, 0.3) is 0 Å². The first-order chi connectivity index (χ1) is 19.2. The number of nitrogens with zero attached hydrogens (tertiary/aromatic N) is 6. The zero-order valence-electron chi connectivity index (χ0n) is 21.4. The Morgan fingerprint density at radius 3 is 2.45 bits per heavy atom. The van der Waals surface area contributed by atoms with E-state index in [4.69, 9.17) is 10.00 Å². The number of benzene rings is 1. The predicted molar refractivity (Wildman–Crippen MR) is 139 cm³/mol. The first kappa shape index (κ1) is 27.0. The van der Waals surface area contributed by atoms with Crippen LogP contribution in [0.4, 0.5) is 24.7 Å². The number of halogens is 3. The molecule has 2 aromatic heterocycles. The number of rotatable bonds is 6. The predicted octanol–water partition coefficient (Wildman–Crippen LogP) is 2.92. The van der Waals surface area contributed by atoms with E-state index in [9.17, 15) is 22.8 Å². The highest BCUT2D eigenvalue weighted by Crippen LogP contribution is 2.35.